The van der Waals surface area contributed by atoms with Gasteiger partial charge in [-0.1, -0.05) is 18.5 Å². The standard InChI is InChI=1S/C14H15ClF2N2O/c1-3-6-18-9-7-10(14(16)17)19-13-11(20-2)5-4-8(15)12(9)13/h4-5,7,14H,3,6H2,1-2H3,(H,18,19). The number of pyridine rings is 1. The van der Waals surface area contributed by atoms with Crippen molar-refractivity contribution in [3.8, 4) is 5.75 Å². The van der Waals surface area contributed by atoms with Crippen molar-refractivity contribution in [1.29, 1.82) is 0 Å². The van der Waals surface area contributed by atoms with Gasteiger partial charge in [-0.25, -0.2) is 13.8 Å². The SMILES string of the molecule is CCCNc1cc(C(F)F)nc2c(OC)ccc(Cl)c12. The van der Waals surface area contributed by atoms with Gasteiger partial charge in [0.1, 0.15) is 17.0 Å². The fraction of sp³-hybridized carbons (Fsp3) is 0.357. The molecule has 0 fully saturated rings. The minimum atomic E-state index is -2.65. The summed E-state index contributed by atoms with van der Waals surface area (Å²) in [7, 11) is 1.47. The van der Waals surface area contributed by atoms with E-state index in [4.69, 9.17) is 16.3 Å². The summed E-state index contributed by atoms with van der Waals surface area (Å²) in [6, 6.07) is 4.63. The van der Waals surface area contributed by atoms with Gasteiger partial charge in [-0.3, -0.25) is 0 Å². The number of rotatable bonds is 5. The predicted octanol–water partition coefficient (Wildman–Crippen LogP) is 4.66. The van der Waals surface area contributed by atoms with E-state index in [0.717, 1.165) is 6.42 Å². The van der Waals surface area contributed by atoms with E-state index < -0.39 is 6.43 Å². The zero-order valence-corrected chi connectivity index (χ0v) is 12.0. The van der Waals surface area contributed by atoms with E-state index in [1.165, 1.54) is 13.2 Å². The molecule has 2 aromatic rings. The Balaban J connectivity index is 2.72. The Morgan fingerprint density at radius 3 is 2.75 bits per heavy atom. The van der Waals surface area contributed by atoms with Crippen LogP contribution in [0.2, 0.25) is 5.02 Å². The minimum Gasteiger partial charge on any atom is -0.494 e. The lowest BCUT2D eigenvalue weighted by atomic mass is 10.1. The number of halogens is 3. The smallest absolute Gasteiger partial charge is 0.280 e. The predicted molar refractivity (Wildman–Crippen MR) is 77.0 cm³/mol. The number of nitrogens with zero attached hydrogens (tertiary/aromatic N) is 1. The molecule has 0 aliphatic carbocycles. The highest BCUT2D eigenvalue weighted by atomic mass is 35.5. The van der Waals surface area contributed by atoms with Crippen molar-refractivity contribution in [3.63, 3.8) is 0 Å². The van der Waals surface area contributed by atoms with Crippen molar-refractivity contribution in [2.75, 3.05) is 19.0 Å². The molecule has 0 spiro atoms. The maximum Gasteiger partial charge on any atom is 0.280 e. The fourth-order valence-corrected chi connectivity index (χ4v) is 2.23. The van der Waals surface area contributed by atoms with Crippen LogP contribution in [-0.2, 0) is 0 Å². The lowest BCUT2D eigenvalue weighted by molar-refractivity contribution is 0.146. The second-order valence-corrected chi connectivity index (χ2v) is 4.70. The normalized spacial score (nSPS) is 11.1. The van der Waals surface area contributed by atoms with Gasteiger partial charge in [0.25, 0.3) is 6.43 Å². The van der Waals surface area contributed by atoms with Crippen LogP contribution in [0.1, 0.15) is 25.5 Å². The van der Waals surface area contributed by atoms with Gasteiger partial charge in [0, 0.05) is 17.6 Å². The number of ether oxygens (including phenoxy) is 1. The van der Waals surface area contributed by atoms with Crippen molar-refractivity contribution in [2.24, 2.45) is 0 Å². The number of methoxy groups -OCH3 is 1. The molecule has 0 amide bonds. The maximum atomic E-state index is 13.0. The molecule has 6 heteroatoms. The third kappa shape index (κ3) is 2.77. The molecule has 0 aliphatic heterocycles. The number of alkyl halides is 2. The number of fused-ring (bicyclic) bond motifs is 1. The molecule has 1 aromatic carbocycles. The number of hydrogen-bond donors (Lipinski definition) is 1. The van der Waals surface area contributed by atoms with Gasteiger partial charge in [0.2, 0.25) is 0 Å². The third-order valence-corrected chi connectivity index (χ3v) is 3.22. The number of aromatic nitrogens is 1. The summed E-state index contributed by atoms with van der Waals surface area (Å²) in [6.07, 6.45) is -1.78. The molecule has 0 saturated heterocycles. The molecule has 0 unspecified atom stereocenters. The molecule has 0 atom stereocenters. The molecular weight excluding hydrogens is 286 g/mol. The van der Waals surface area contributed by atoms with Gasteiger partial charge < -0.3 is 10.1 Å². The Morgan fingerprint density at radius 1 is 1.40 bits per heavy atom. The lowest BCUT2D eigenvalue weighted by Crippen LogP contribution is -2.04. The second kappa shape index (κ2) is 6.22. The van der Waals surface area contributed by atoms with E-state index in [0.29, 0.717) is 33.9 Å². The first-order chi connectivity index (χ1) is 9.58. The van der Waals surface area contributed by atoms with Crippen LogP contribution in [-0.4, -0.2) is 18.6 Å². The molecule has 1 aromatic heterocycles. The summed E-state index contributed by atoms with van der Waals surface area (Å²) in [5.41, 5.74) is 0.601. The van der Waals surface area contributed by atoms with E-state index >= 15 is 0 Å². The van der Waals surface area contributed by atoms with Gasteiger partial charge >= 0.3 is 0 Å². The van der Waals surface area contributed by atoms with Crippen molar-refractivity contribution in [3.05, 3.63) is 28.9 Å². The maximum absolute atomic E-state index is 13.0. The summed E-state index contributed by atoms with van der Waals surface area (Å²) in [6.45, 7) is 2.65. The van der Waals surface area contributed by atoms with Crippen LogP contribution in [0.5, 0.6) is 5.75 Å². The number of hydrogen-bond acceptors (Lipinski definition) is 3. The first-order valence-electron chi connectivity index (χ1n) is 6.27. The summed E-state index contributed by atoms with van der Waals surface area (Å²) >= 11 is 6.18. The molecule has 2 rings (SSSR count). The van der Waals surface area contributed by atoms with Crippen LogP contribution in [0, 0.1) is 0 Å². The molecule has 1 heterocycles. The summed E-state index contributed by atoms with van der Waals surface area (Å²) in [5, 5.41) is 4.16. The van der Waals surface area contributed by atoms with Crippen LogP contribution in [0.15, 0.2) is 18.2 Å². The van der Waals surface area contributed by atoms with Crippen molar-refractivity contribution in [2.45, 2.75) is 19.8 Å². The summed E-state index contributed by atoms with van der Waals surface area (Å²) < 4.78 is 31.1. The average molecular weight is 301 g/mol. The fourth-order valence-electron chi connectivity index (χ4n) is 1.97. The van der Waals surface area contributed by atoms with E-state index in [-0.39, 0.29) is 5.69 Å². The first kappa shape index (κ1) is 14.8. The van der Waals surface area contributed by atoms with E-state index in [1.807, 2.05) is 6.92 Å². The highest BCUT2D eigenvalue weighted by Gasteiger charge is 2.17. The molecular formula is C14H15ClF2N2O. The van der Waals surface area contributed by atoms with Gasteiger partial charge in [-0.2, -0.15) is 0 Å². The van der Waals surface area contributed by atoms with Gasteiger partial charge in [-0.15, -0.1) is 0 Å². The summed E-state index contributed by atoms with van der Waals surface area (Å²) in [5.74, 6) is 0.423. The zero-order chi connectivity index (χ0) is 14.7. The Hall–Kier alpha value is -1.62. The molecule has 3 nitrogen and oxygen atoms in total. The second-order valence-electron chi connectivity index (χ2n) is 4.30. The number of benzene rings is 1. The molecule has 1 N–H and O–H groups in total. The monoisotopic (exact) mass is 300 g/mol. The lowest BCUT2D eigenvalue weighted by Gasteiger charge is -2.14. The first-order valence-corrected chi connectivity index (χ1v) is 6.65. The zero-order valence-electron chi connectivity index (χ0n) is 11.2. The molecule has 0 bridgehead atoms. The topological polar surface area (TPSA) is 34.2 Å². The van der Waals surface area contributed by atoms with Crippen LogP contribution in [0.4, 0.5) is 14.5 Å². The Kier molecular flexibility index (Phi) is 4.60. The van der Waals surface area contributed by atoms with Crippen LogP contribution < -0.4 is 10.1 Å². The number of anilines is 1. The highest BCUT2D eigenvalue weighted by Crippen LogP contribution is 2.37. The van der Waals surface area contributed by atoms with Gasteiger partial charge in [0.05, 0.1) is 12.1 Å². The van der Waals surface area contributed by atoms with Crippen molar-refractivity contribution < 1.29 is 13.5 Å². The Morgan fingerprint density at radius 2 is 2.15 bits per heavy atom. The summed E-state index contributed by atoms with van der Waals surface area (Å²) in [4.78, 5) is 3.98. The molecule has 0 aliphatic rings. The molecule has 0 radical (unpaired) electrons. The average Bonchev–Trinajstić information content (AvgIpc) is 2.44. The minimum absolute atomic E-state index is 0.295. The molecule has 108 valence electrons. The van der Waals surface area contributed by atoms with Crippen molar-refractivity contribution in [1.82, 2.24) is 4.98 Å². The van der Waals surface area contributed by atoms with Crippen LogP contribution in [0.25, 0.3) is 10.9 Å². The molecule has 20 heavy (non-hydrogen) atoms. The van der Waals surface area contributed by atoms with Crippen LogP contribution >= 0.6 is 11.6 Å². The Bertz CT molecular complexity index is 620. The third-order valence-electron chi connectivity index (χ3n) is 2.90. The van der Waals surface area contributed by atoms with Gasteiger partial charge in [-0.05, 0) is 24.6 Å². The van der Waals surface area contributed by atoms with E-state index in [2.05, 4.69) is 10.3 Å². The van der Waals surface area contributed by atoms with Gasteiger partial charge in [0.15, 0.2) is 0 Å². The Labute approximate surface area is 120 Å². The van der Waals surface area contributed by atoms with Crippen LogP contribution in [0.3, 0.4) is 0 Å². The van der Waals surface area contributed by atoms with Crippen molar-refractivity contribution >= 4 is 28.2 Å². The molecule has 0 saturated carbocycles. The van der Waals surface area contributed by atoms with E-state index in [9.17, 15) is 8.78 Å². The largest absolute Gasteiger partial charge is 0.494 e. The van der Waals surface area contributed by atoms with E-state index in [1.54, 1.807) is 12.1 Å². The highest BCUT2D eigenvalue weighted by molar-refractivity contribution is 6.36. The quantitative estimate of drug-likeness (QED) is 0.872. The number of nitrogens with one attached hydrogen (secondary N) is 1.